The molecular formula is C19H18N4O. The van der Waals surface area contributed by atoms with Gasteiger partial charge in [-0.1, -0.05) is 36.4 Å². The fraction of sp³-hybridized carbons (Fsp3) is 0.105. The average molecular weight is 318 g/mol. The van der Waals surface area contributed by atoms with Gasteiger partial charge in [-0.15, -0.1) is 5.48 Å². The van der Waals surface area contributed by atoms with E-state index in [0.29, 0.717) is 18.1 Å². The zero-order chi connectivity index (χ0) is 16.4. The molecule has 0 amide bonds. The number of hydrogen-bond donors (Lipinski definition) is 3. The number of pyridine rings is 1. The van der Waals surface area contributed by atoms with Crippen molar-refractivity contribution in [3.63, 3.8) is 0 Å². The van der Waals surface area contributed by atoms with Crippen LogP contribution in [0.4, 0.5) is 11.5 Å². The molecule has 2 aromatic carbocycles. The summed E-state index contributed by atoms with van der Waals surface area (Å²) in [5, 5.41) is 3.28. The molecule has 0 radical (unpaired) electrons. The fourth-order valence-corrected chi connectivity index (χ4v) is 2.86. The predicted octanol–water partition coefficient (Wildman–Crippen LogP) is 3.26. The number of nitrogens with two attached hydrogens (primary N) is 1. The Morgan fingerprint density at radius 3 is 2.79 bits per heavy atom. The van der Waals surface area contributed by atoms with Crippen LogP contribution >= 0.6 is 0 Å². The Labute approximate surface area is 140 Å². The molecule has 0 saturated heterocycles. The van der Waals surface area contributed by atoms with Crippen LogP contribution in [0.3, 0.4) is 0 Å². The van der Waals surface area contributed by atoms with Gasteiger partial charge in [0.1, 0.15) is 5.82 Å². The summed E-state index contributed by atoms with van der Waals surface area (Å²) in [6, 6.07) is 20.1. The number of benzene rings is 2. The van der Waals surface area contributed by atoms with E-state index in [9.17, 15) is 0 Å². The molecule has 4 rings (SSSR count). The van der Waals surface area contributed by atoms with Crippen LogP contribution in [-0.4, -0.2) is 4.98 Å². The van der Waals surface area contributed by atoms with E-state index in [0.717, 1.165) is 16.9 Å². The minimum atomic E-state index is 0.0427. The topological polar surface area (TPSA) is 72.2 Å². The molecule has 0 saturated carbocycles. The number of anilines is 2. The Balaban J connectivity index is 1.56. The summed E-state index contributed by atoms with van der Waals surface area (Å²) in [4.78, 5) is 9.85. The van der Waals surface area contributed by atoms with E-state index in [1.165, 1.54) is 5.56 Å². The number of nitrogens with zero attached hydrogens (tertiary/aromatic N) is 1. The Bertz CT molecular complexity index is 851. The lowest BCUT2D eigenvalue weighted by atomic mass is 9.98. The maximum atomic E-state index is 5.92. The molecule has 4 N–H and O–H groups in total. The number of fused-ring (bicyclic) bond motifs is 1. The zero-order valence-corrected chi connectivity index (χ0v) is 13.1. The summed E-state index contributed by atoms with van der Waals surface area (Å²) >= 11 is 0. The normalized spacial score (nSPS) is 15.6. The first kappa shape index (κ1) is 14.5. The molecule has 24 heavy (non-hydrogen) atoms. The highest BCUT2D eigenvalue weighted by atomic mass is 16.7. The Morgan fingerprint density at radius 1 is 1.08 bits per heavy atom. The number of nitrogen functional groups attached to an aromatic ring is 1. The van der Waals surface area contributed by atoms with Crippen LogP contribution in [0.15, 0.2) is 66.9 Å². The van der Waals surface area contributed by atoms with Crippen molar-refractivity contribution in [3.8, 4) is 5.75 Å². The van der Waals surface area contributed by atoms with E-state index >= 15 is 0 Å². The SMILES string of the molecule is Nc1cccnc1NCc1ccc2c(c1)C(c1ccccc1)NO2. The summed E-state index contributed by atoms with van der Waals surface area (Å²) < 4.78 is 0. The second kappa shape index (κ2) is 6.22. The molecule has 1 aromatic heterocycles. The molecule has 1 unspecified atom stereocenters. The molecule has 0 fully saturated rings. The van der Waals surface area contributed by atoms with Gasteiger partial charge in [-0.2, -0.15) is 0 Å². The lowest BCUT2D eigenvalue weighted by molar-refractivity contribution is 0.207. The van der Waals surface area contributed by atoms with Crippen LogP contribution in [0.5, 0.6) is 5.75 Å². The van der Waals surface area contributed by atoms with Gasteiger partial charge in [0.25, 0.3) is 0 Å². The van der Waals surface area contributed by atoms with E-state index in [1.54, 1.807) is 6.20 Å². The molecule has 0 spiro atoms. The van der Waals surface area contributed by atoms with Gasteiger partial charge in [0.05, 0.1) is 11.7 Å². The van der Waals surface area contributed by atoms with Gasteiger partial charge in [0.15, 0.2) is 5.75 Å². The zero-order valence-electron chi connectivity index (χ0n) is 13.1. The number of aromatic nitrogens is 1. The third-order valence-electron chi connectivity index (χ3n) is 4.10. The quantitative estimate of drug-likeness (QED) is 0.688. The predicted molar refractivity (Wildman–Crippen MR) is 94.5 cm³/mol. The monoisotopic (exact) mass is 318 g/mol. The molecule has 1 aliphatic rings. The molecule has 0 bridgehead atoms. The minimum Gasteiger partial charge on any atom is -0.407 e. The van der Waals surface area contributed by atoms with Crippen molar-refractivity contribution in [2.45, 2.75) is 12.6 Å². The van der Waals surface area contributed by atoms with Crippen LogP contribution in [0.2, 0.25) is 0 Å². The number of hydrogen-bond acceptors (Lipinski definition) is 5. The second-order valence-electron chi connectivity index (χ2n) is 5.73. The van der Waals surface area contributed by atoms with Crippen LogP contribution in [-0.2, 0) is 6.54 Å². The van der Waals surface area contributed by atoms with Crippen molar-refractivity contribution in [2.24, 2.45) is 0 Å². The van der Waals surface area contributed by atoms with Crippen molar-refractivity contribution >= 4 is 11.5 Å². The van der Waals surface area contributed by atoms with Crippen LogP contribution in [0.25, 0.3) is 0 Å². The van der Waals surface area contributed by atoms with Crippen LogP contribution in [0.1, 0.15) is 22.7 Å². The molecule has 120 valence electrons. The minimum absolute atomic E-state index is 0.0427. The number of hydroxylamine groups is 1. The first-order valence-electron chi connectivity index (χ1n) is 7.86. The van der Waals surface area contributed by atoms with Gasteiger partial charge in [0, 0.05) is 18.3 Å². The van der Waals surface area contributed by atoms with Gasteiger partial charge >= 0.3 is 0 Å². The Morgan fingerprint density at radius 2 is 1.96 bits per heavy atom. The molecule has 3 aromatic rings. The summed E-state index contributed by atoms with van der Waals surface area (Å²) in [6.07, 6.45) is 1.73. The van der Waals surface area contributed by atoms with E-state index in [4.69, 9.17) is 10.6 Å². The molecular weight excluding hydrogens is 300 g/mol. The first-order chi connectivity index (χ1) is 11.8. The highest BCUT2D eigenvalue weighted by molar-refractivity contribution is 5.60. The van der Waals surface area contributed by atoms with E-state index in [-0.39, 0.29) is 6.04 Å². The van der Waals surface area contributed by atoms with Crippen molar-refractivity contribution in [1.82, 2.24) is 10.5 Å². The van der Waals surface area contributed by atoms with E-state index in [2.05, 4.69) is 34.0 Å². The van der Waals surface area contributed by atoms with Gasteiger partial charge in [0.2, 0.25) is 0 Å². The highest BCUT2D eigenvalue weighted by Crippen LogP contribution is 2.35. The number of rotatable bonds is 4. The molecule has 0 aliphatic carbocycles. The fourth-order valence-electron chi connectivity index (χ4n) is 2.86. The van der Waals surface area contributed by atoms with Crippen molar-refractivity contribution in [3.05, 3.63) is 83.6 Å². The summed E-state index contributed by atoms with van der Waals surface area (Å²) in [5.74, 6) is 1.57. The molecule has 1 atom stereocenters. The Hall–Kier alpha value is -3.05. The third-order valence-corrected chi connectivity index (χ3v) is 4.10. The van der Waals surface area contributed by atoms with Gasteiger partial charge in [-0.3, -0.25) is 0 Å². The molecule has 2 heterocycles. The van der Waals surface area contributed by atoms with Gasteiger partial charge < -0.3 is 15.9 Å². The number of nitrogens with one attached hydrogen (secondary N) is 2. The lowest BCUT2D eigenvalue weighted by Gasteiger charge is -2.11. The Kier molecular flexibility index (Phi) is 3.76. The highest BCUT2D eigenvalue weighted by Gasteiger charge is 2.25. The summed E-state index contributed by atoms with van der Waals surface area (Å²) in [6.45, 7) is 0.649. The van der Waals surface area contributed by atoms with Crippen molar-refractivity contribution in [2.75, 3.05) is 11.1 Å². The van der Waals surface area contributed by atoms with E-state index < -0.39 is 0 Å². The maximum Gasteiger partial charge on any atom is 0.152 e. The lowest BCUT2D eigenvalue weighted by Crippen LogP contribution is -2.17. The van der Waals surface area contributed by atoms with Gasteiger partial charge in [-0.05, 0) is 35.4 Å². The molecule has 5 heteroatoms. The van der Waals surface area contributed by atoms with Crippen LogP contribution < -0.4 is 21.4 Å². The molecule has 1 aliphatic heterocycles. The smallest absolute Gasteiger partial charge is 0.152 e. The standard InChI is InChI=1S/C19H18N4O/c20-16-7-4-10-21-19(16)22-12-13-8-9-17-15(11-13)18(23-24-17)14-5-2-1-3-6-14/h1-11,18,23H,12,20H2,(H,21,22). The van der Waals surface area contributed by atoms with Gasteiger partial charge in [-0.25, -0.2) is 4.98 Å². The third kappa shape index (κ3) is 2.77. The van der Waals surface area contributed by atoms with Crippen molar-refractivity contribution in [1.29, 1.82) is 0 Å². The van der Waals surface area contributed by atoms with Crippen LogP contribution in [0, 0.1) is 0 Å². The molecule has 5 nitrogen and oxygen atoms in total. The van der Waals surface area contributed by atoms with Crippen molar-refractivity contribution < 1.29 is 4.84 Å². The largest absolute Gasteiger partial charge is 0.407 e. The first-order valence-corrected chi connectivity index (χ1v) is 7.86. The average Bonchev–Trinajstić information content (AvgIpc) is 3.05. The second-order valence-corrected chi connectivity index (χ2v) is 5.73. The van der Waals surface area contributed by atoms with E-state index in [1.807, 2.05) is 42.5 Å². The summed E-state index contributed by atoms with van der Waals surface area (Å²) in [7, 11) is 0. The summed E-state index contributed by atoms with van der Waals surface area (Å²) in [5.41, 5.74) is 13.1. The maximum absolute atomic E-state index is 5.92.